The highest BCUT2D eigenvalue weighted by Gasteiger charge is 2.35. The average molecular weight is 520 g/mol. The van der Waals surface area contributed by atoms with Crippen molar-refractivity contribution in [1.82, 2.24) is 0 Å². The first-order valence-corrected chi connectivity index (χ1v) is 10.5. The largest absolute Gasteiger partial charge is 0.507 e. The van der Waals surface area contributed by atoms with Gasteiger partial charge in [0.15, 0.2) is 0 Å². The lowest BCUT2D eigenvalue weighted by Crippen LogP contribution is -2.08. The van der Waals surface area contributed by atoms with E-state index < -0.39 is 23.5 Å². The van der Waals surface area contributed by atoms with Gasteiger partial charge in [-0.3, -0.25) is 0 Å². The zero-order chi connectivity index (χ0) is 27.5. The monoisotopic (exact) mass is 520 g/mol. The standard InChI is InChI=1S/C13H11F3N2O.C13H11F3N2/c14-13(15,16)11-5-7(17)1-3-9(11)10-4-2-8(18)6-12(10)19;14-13(15,16)12-7-10(18)5-6-11(12)8-1-3-9(17)4-2-8/h1-6,19H,17-18H2;1-7H,17-18H2. The van der Waals surface area contributed by atoms with Crippen LogP contribution in [0.25, 0.3) is 22.3 Å². The second-order valence-corrected chi connectivity index (χ2v) is 8.00. The van der Waals surface area contributed by atoms with E-state index in [4.69, 9.17) is 22.9 Å². The van der Waals surface area contributed by atoms with E-state index in [1.165, 1.54) is 42.5 Å². The zero-order valence-corrected chi connectivity index (χ0v) is 19.0. The third kappa shape index (κ3) is 6.57. The third-order valence-corrected chi connectivity index (χ3v) is 5.23. The van der Waals surface area contributed by atoms with Crippen LogP contribution in [0.2, 0.25) is 0 Å². The fourth-order valence-electron chi connectivity index (χ4n) is 3.52. The van der Waals surface area contributed by atoms with Gasteiger partial charge in [-0.1, -0.05) is 24.3 Å². The van der Waals surface area contributed by atoms with Crippen LogP contribution in [0.4, 0.5) is 49.1 Å². The van der Waals surface area contributed by atoms with E-state index in [-0.39, 0.29) is 39.5 Å². The Kier molecular flexibility index (Phi) is 7.47. The van der Waals surface area contributed by atoms with Crippen molar-refractivity contribution in [3.63, 3.8) is 0 Å². The quantitative estimate of drug-likeness (QED) is 0.147. The van der Waals surface area contributed by atoms with E-state index in [1.807, 2.05) is 0 Å². The maximum absolute atomic E-state index is 13.0. The molecule has 0 aliphatic rings. The van der Waals surface area contributed by atoms with Gasteiger partial charge in [0.25, 0.3) is 0 Å². The van der Waals surface area contributed by atoms with Gasteiger partial charge in [-0.05, 0) is 65.2 Å². The van der Waals surface area contributed by atoms with Gasteiger partial charge in [0.1, 0.15) is 5.75 Å². The Labute approximate surface area is 207 Å². The molecule has 0 aliphatic heterocycles. The second kappa shape index (κ2) is 10.2. The van der Waals surface area contributed by atoms with E-state index in [0.717, 1.165) is 12.1 Å². The van der Waals surface area contributed by atoms with Crippen LogP contribution in [0.15, 0.2) is 78.9 Å². The minimum Gasteiger partial charge on any atom is -0.507 e. The molecular weight excluding hydrogens is 498 g/mol. The van der Waals surface area contributed by atoms with Crippen LogP contribution in [0.5, 0.6) is 5.75 Å². The first-order valence-electron chi connectivity index (χ1n) is 10.5. The highest BCUT2D eigenvalue weighted by atomic mass is 19.4. The molecule has 0 saturated carbocycles. The molecule has 0 amide bonds. The summed E-state index contributed by atoms with van der Waals surface area (Å²) in [5, 5.41) is 9.73. The Bertz CT molecular complexity index is 1400. The summed E-state index contributed by atoms with van der Waals surface area (Å²) >= 11 is 0. The van der Waals surface area contributed by atoms with Gasteiger partial charge in [0, 0.05) is 34.4 Å². The summed E-state index contributed by atoms with van der Waals surface area (Å²) in [5.41, 5.74) is 21.4. The number of nitrogen functional groups attached to an aromatic ring is 4. The number of benzene rings is 4. The summed E-state index contributed by atoms with van der Waals surface area (Å²) < 4.78 is 77.6. The van der Waals surface area contributed by atoms with Gasteiger partial charge < -0.3 is 28.0 Å². The third-order valence-electron chi connectivity index (χ3n) is 5.23. The lowest BCUT2D eigenvalue weighted by molar-refractivity contribution is -0.137. The molecule has 0 fully saturated rings. The second-order valence-electron chi connectivity index (χ2n) is 8.00. The van der Waals surface area contributed by atoms with Crippen LogP contribution in [0.3, 0.4) is 0 Å². The Balaban J connectivity index is 0.000000206. The zero-order valence-electron chi connectivity index (χ0n) is 19.0. The molecule has 4 aromatic carbocycles. The lowest BCUT2D eigenvalue weighted by atomic mass is 9.97. The number of alkyl halides is 6. The molecule has 0 unspecified atom stereocenters. The van der Waals surface area contributed by atoms with E-state index in [2.05, 4.69) is 0 Å². The SMILES string of the molecule is Nc1ccc(-c2ccc(N)cc2C(F)(F)F)c(O)c1.Nc1ccc(-c2ccc(N)cc2C(F)(F)F)cc1. The van der Waals surface area contributed by atoms with E-state index in [1.54, 1.807) is 24.3 Å². The summed E-state index contributed by atoms with van der Waals surface area (Å²) in [5.74, 6) is -0.310. The van der Waals surface area contributed by atoms with Gasteiger partial charge in [-0.25, -0.2) is 0 Å². The van der Waals surface area contributed by atoms with Gasteiger partial charge in [-0.2, -0.15) is 26.3 Å². The smallest absolute Gasteiger partial charge is 0.417 e. The Morgan fingerprint density at radius 1 is 0.459 bits per heavy atom. The minimum atomic E-state index is -4.56. The molecule has 4 aromatic rings. The summed E-state index contributed by atoms with van der Waals surface area (Å²) in [7, 11) is 0. The van der Waals surface area contributed by atoms with Gasteiger partial charge in [0.05, 0.1) is 11.1 Å². The van der Waals surface area contributed by atoms with Gasteiger partial charge in [-0.15, -0.1) is 0 Å². The molecule has 11 heteroatoms. The molecule has 0 aliphatic carbocycles. The maximum Gasteiger partial charge on any atom is 0.417 e. The number of halogens is 6. The van der Waals surface area contributed by atoms with Crippen LogP contribution >= 0.6 is 0 Å². The predicted molar refractivity (Wildman–Crippen MR) is 133 cm³/mol. The van der Waals surface area contributed by atoms with Crippen molar-refractivity contribution in [1.29, 1.82) is 0 Å². The topological polar surface area (TPSA) is 124 Å². The summed E-state index contributed by atoms with van der Waals surface area (Å²) in [6.45, 7) is 0. The summed E-state index contributed by atoms with van der Waals surface area (Å²) in [6, 6.07) is 17.3. The highest BCUT2D eigenvalue weighted by molar-refractivity contribution is 5.77. The average Bonchev–Trinajstić information content (AvgIpc) is 2.79. The molecule has 37 heavy (non-hydrogen) atoms. The minimum absolute atomic E-state index is 0.00556. The fourth-order valence-corrected chi connectivity index (χ4v) is 3.52. The van der Waals surface area contributed by atoms with Gasteiger partial charge >= 0.3 is 12.4 Å². The molecule has 0 atom stereocenters. The van der Waals surface area contributed by atoms with E-state index in [9.17, 15) is 31.4 Å². The van der Waals surface area contributed by atoms with Crippen molar-refractivity contribution in [3.05, 3.63) is 90.0 Å². The molecule has 4 rings (SSSR count). The Hall–Kier alpha value is -4.54. The number of phenolic OH excluding ortho intramolecular Hbond substituents is 1. The number of hydrogen-bond acceptors (Lipinski definition) is 5. The first kappa shape index (κ1) is 27.1. The summed E-state index contributed by atoms with van der Waals surface area (Å²) in [6.07, 6.45) is -9.00. The maximum atomic E-state index is 13.0. The Morgan fingerprint density at radius 2 is 0.838 bits per heavy atom. The van der Waals surface area contributed by atoms with Crippen molar-refractivity contribution in [2.24, 2.45) is 0 Å². The van der Waals surface area contributed by atoms with Gasteiger partial charge in [0.2, 0.25) is 0 Å². The number of rotatable bonds is 2. The molecule has 0 bridgehead atoms. The molecular formula is C26H22F6N4O. The molecule has 9 N–H and O–H groups in total. The van der Waals surface area contributed by atoms with Crippen molar-refractivity contribution in [3.8, 4) is 28.0 Å². The molecule has 0 saturated heterocycles. The first-order chi connectivity index (χ1) is 17.2. The number of aromatic hydroxyl groups is 1. The lowest BCUT2D eigenvalue weighted by Gasteiger charge is -2.15. The number of nitrogens with two attached hydrogens (primary N) is 4. The molecule has 194 valence electrons. The van der Waals surface area contributed by atoms with E-state index in [0.29, 0.717) is 11.3 Å². The number of phenols is 1. The Morgan fingerprint density at radius 3 is 1.30 bits per heavy atom. The summed E-state index contributed by atoms with van der Waals surface area (Å²) in [4.78, 5) is 0. The van der Waals surface area contributed by atoms with Crippen molar-refractivity contribution in [2.75, 3.05) is 22.9 Å². The number of hydrogen-bond donors (Lipinski definition) is 5. The normalized spacial score (nSPS) is 11.5. The predicted octanol–water partition coefficient (Wildman–Crippen LogP) is 6.78. The van der Waals surface area contributed by atoms with Crippen LogP contribution in [-0.2, 0) is 12.4 Å². The molecule has 0 aromatic heterocycles. The number of anilines is 4. The molecule has 0 heterocycles. The van der Waals surface area contributed by atoms with Crippen LogP contribution < -0.4 is 22.9 Å². The molecule has 5 nitrogen and oxygen atoms in total. The van der Waals surface area contributed by atoms with Crippen LogP contribution in [0, 0.1) is 0 Å². The van der Waals surface area contributed by atoms with Crippen LogP contribution in [0.1, 0.15) is 11.1 Å². The van der Waals surface area contributed by atoms with Crippen LogP contribution in [-0.4, -0.2) is 5.11 Å². The molecule has 0 radical (unpaired) electrons. The molecule has 0 spiro atoms. The van der Waals surface area contributed by atoms with Crippen molar-refractivity contribution < 1.29 is 31.4 Å². The van der Waals surface area contributed by atoms with Crippen molar-refractivity contribution in [2.45, 2.75) is 12.4 Å². The van der Waals surface area contributed by atoms with Crippen molar-refractivity contribution >= 4 is 22.7 Å². The van der Waals surface area contributed by atoms with E-state index >= 15 is 0 Å². The highest BCUT2D eigenvalue weighted by Crippen LogP contribution is 2.41. The fraction of sp³-hybridized carbons (Fsp3) is 0.0769.